The monoisotopic (exact) mass is 216 g/mol. The van der Waals surface area contributed by atoms with Gasteiger partial charge in [0.2, 0.25) is 0 Å². The number of hydrogen-bond acceptors (Lipinski definition) is 2. The normalized spacial score (nSPS) is 10.9. The van der Waals surface area contributed by atoms with Crippen LogP contribution in [0.15, 0.2) is 41.9 Å². The van der Waals surface area contributed by atoms with Gasteiger partial charge in [0, 0.05) is 6.07 Å². The Hall–Kier alpha value is -1.81. The lowest BCUT2D eigenvalue weighted by molar-refractivity contribution is -0.579. The highest BCUT2D eigenvalue weighted by Crippen LogP contribution is 2.26. The molecule has 0 atom stereocenters. The zero-order valence-electron chi connectivity index (χ0n) is 7.81. The number of hydrogen-bond donors (Lipinski definition) is 1. The van der Waals surface area contributed by atoms with Crippen molar-refractivity contribution >= 4 is 22.4 Å². The first-order valence-corrected chi connectivity index (χ1v) is 5.47. The summed E-state index contributed by atoms with van der Waals surface area (Å²) >= 11 is 1.65. The second-order valence-corrected chi connectivity index (χ2v) is 4.25. The molecule has 4 heteroatoms. The van der Waals surface area contributed by atoms with Crippen molar-refractivity contribution in [2.45, 2.75) is 0 Å². The minimum absolute atomic E-state index is 0.612. The molecule has 0 aliphatic carbocycles. The molecule has 74 valence electrons. The Labute approximate surface area is 90.2 Å². The van der Waals surface area contributed by atoms with Gasteiger partial charge in [-0.05, 0) is 23.6 Å². The van der Waals surface area contributed by atoms with Gasteiger partial charge in [-0.15, -0.1) is 11.3 Å². The van der Waals surface area contributed by atoms with Crippen molar-refractivity contribution in [1.82, 2.24) is 4.98 Å². The molecule has 0 aliphatic rings. The largest absolute Gasteiger partial charge is 0.711 e. The average molecular weight is 216 g/mol. The summed E-state index contributed by atoms with van der Waals surface area (Å²) in [5, 5.41) is 14.4. The molecule has 0 fully saturated rings. The van der Waals surface area contributed by atoms with E-state index >= 15 is 0 Å². The lowest BCUT2D eigenvalue weighted by Crippen LogP contribution is -2.25. The van der Waals surface area contributed by atoms with Gasteiger partial charge >= 0.3 is 0 Å². The quantitative estimate of drug-likeness (QED) is 0.493. The van der Waals surface area contributed by atoms with Crippen LogP contribution in [0.5, 0.6) is 0 Å². The highest BCUT2D eigenvalue weighted by Gasteiger charge is 2.10. The number of aromatic nitrogens is 2. The van der Waals surface area contributed by atoms with Crippen molar-refractivity contribution in [3.63, 3.8) is 0 Å². The smallest absolute Gasteiger partial charge is 0.290 e. The lowest BCUT2D eigenvalue weighted by Gasteiger charge is -1.99. The van der Waals surface area contributed by atoms with E-state index in [0.717, 1.165) is 20.7 Å². The molecule has 0 unspecified atom stereocenters. The zero-order chi connectivity index (χ0) is 10.3. The fraction of sp³-hybridized carbons (Fsp3) is 0. The molecule has 0 saturated heterocycles. The van der Waals surface area contributed by atoms with Crippen LogP contribution in [0.4, 0.5) is 0 Å². The first kappa shape index (κ1) is 8.49. The van der Waals surface area contributed by atoms with E-state index in [-0.39, 0.29) is 0 Å². The van der Waals surface area contributed by atoms with Crippen LogP contribution in [0.25, 0.3) is 21.6 Å². The Morgan fingerprint density at radius 1 is 1.27 bits per heavy atom. The van der Waals surface area contributed by atoms with Crippen LogP contribution in [-0.2, 0) is 0 Å². The molecule has 0 amide bonds. The summed E-state index contributed by atoms with van der Waals surface area (Å²) in [5.41, 5.74) is 1.61. The molecule has 3 aromatic rings. The van der Waals surface area contributed by atoms with Gasteiger partial charge in [0.1, 0.15) is 5.69 Å². The average Bonchev–Trinajstić information content (AvgIpc) is 2.86. The lowest BCUT2D eigenvalue weighted by atomic mass is 10.3. The fourth-order valence-electron chi connectivity index (χ4n) is 1.63. The summed E-state index contributed by atoms with van der Waals surface area (Å²) in [7, 11) is 0. The van der Waals surface area contributed by atoms with Crippen molar-refractivity contribution in [2.24, 2.45) is 0 Å². The molecule has 0 aliphatic heterocycles. The molecule has 1 N–H and O–H groups in total. The predicted octanol–water partition coefficient (Wildman–Crippen LogP) is 2.53. The van der Waals surface area contributed by atoms with Crippen LogP contribution >= 0.6 is 11.3 Å². The highest BCUT2D eigenvalue weighted by atomic mass is 32.1. The topological polar surface area (TPSA) is 42.7 Å². The number of pyridine rings is 1. The van der Waals surface area contributed by atoms with Gasteiger partial charge in [-0.1, -0.05) is 6.07 Å². The zero-order valence-corrected chi connectivity index (χ0v) is 8.62. The van der Waals surface area contributed by atoms with Gasteiger partial charge in [0.15, 0.2) is 0 Å². The molecule has 3 heterocycles. The maximum absolute atomic E-state index is 11.5. The maximum Gasteiger partial charge on any atom is 0.290 e. The van der Waals surface area contributed by atoms with Crippen LogP contribution in [0.3, 0.4) is 0 Å². The summed E-state index contributed by atoms with van der Waals surface area (Å²) in [6.07, 6.45) is 1.50. The van der Waals surface area contributed by atoms with Crippen molar-refractivity contribution in [1.29, 1.82) is 0 Å². The molecule has 0 saturated carbocycles. The minimum Gasteiger partial charge on any atom is -0.711 e. The van der Waals surface area contributed by atoms with Gasteiger partial charge in [0.25, 0.3) is 5.65 Å². The van der Waals surface area contributed by atoms with Crippen LogP contribution in [0.1, 0.15) is 0 Å². The third-order valence-electron chi connectivity index (χ3n) is 2.33. The minimum atomic E-state index is 0.612. The van der Waals surface area contributed by atoms with E-state index in [1.165, 1.54) is 6.20 Å². The predicted molar refractivity (Wildman–Crippen MR) is 60.6 cm³/mol. The molecule has 15 heavy (non-hydrogen) atoms. The first-order valence-electron chi connectivity index (χ1n) is 4.59. The third kappa shape index (κ3) is 1.30. The van der Waals surface area contributed by atoms with Gasteiger partial charge in [-0.3, -0.25) is 0 Å². The standard InChI is InChI=1S/C11H8N2OS/c14-13-5-1-3-8-7-9(12-11(8)13)10-4-2-6-15-10/h1-7,12H. The first-order chi connectivity index (χ1) is 7.34. The Bertz CT molecular complexity index is 598. The molecule has 3 aromatic heterocycles. The molecular formula is C11H8N2OS. The van der Waals surface area contributed by atoms with E-state index in [1.807, 2.05) is 29.6 Å². The van der Waals surface area contributed by atoms with Gasteiger partial charge < -0.3 is 5.21 Å². The molecule has 0 radical (unpaired) electrons. The summed E-state index contributed by atoms with van der Waals surface area (Å²) in [6.45, 7) is 0. The molecule has 0 spiro atoms. The van der Waals surface area contributed by atoms with E-state index in [2.05, 4.69) is 4.98 Å². The van der Waals surface area contributed by atoms with E-state index in [0.29, 0.717) is 5.65 Å². The second kappa shape index (κ2) is 3.10. The second-order valence-electron chi connectivity index (χ2n) is 3.30. The fourth-order valence-corrected chi connectivity index (χ4v) is 2.33. The summed E-state index contributed by atoms with van der Waals surface area (Å²) in [4.78, 5) is 4.27. The van der Waals surface area contributed by atoms with E-state index in [1.54, 1.807) is 17.4 Å². The summed E-state index contributed by atoms with van der Waals surface area (Å²) in [6, 6.07) is 9.70. The maximum atomic E-state index is 11.5. The summed E-state index contributed by atoms with van der Waals surface area (Å²) in [5.74, 6) is 0. The van der Waals surface area contributed by atoms with Crippen LogP contribution in [0.2, 0.25) is 0 Å². The van der Waals surface area contributed by atoms with Gasteiger partial charge in [-0.25, -0.2) is 9.71 Å². The van der Waals surface area contributed by atoms with Crippen molar-refractivity contribution in [2.75, 3.05) is 0 Å². The number of aromatic amines is 1. The van der Waals surface area contributed by atoms with E-state index < -0.39 is 0 Å². The van der Waals surface area contributed by atoms with E-state index in [4.69, 9.17) is 0 Å². The Kier molecular flexibility index (Phi) is 1.76. The van der Waals surface area contributed by atoms with Crippen molar-refractivity contribution in [3.8, 4) is 10.6 Å². The van der Waals surface area contributed by atoms with Crippen LogP contribution in [0, 0.1) is 5.21 Å². The van der Waals surface area contributed by atoms with Crippen molar-refractivity contribution in [3.05, 3.63) is 47.1 Å². The SMILES string of the molecule is [O-][n+]1cccc2cc(-c3cccs3)[nH]c21. The number of fused-ring (bicyclic) bond motifs is 1. The van der Waals surface area contributed by atoms with Crippen LogP contribution < -0.4 is 4.73 Å². The number of thiophene rings is 1. The number of rotatable bonds is 1. The van der Waals surface area contributed by atoms with Gasteiger partial charge in [-0.2, -0.15) is 0 Å². The number of nitrogens with zero attached hydrogens (tertiary/aromatic N) is 1. The summed E-state index contributed by atoms with van der Waals surface area (Å²) < 4.78 is 0.854. The number of H-pyrrole nitrogens is 1. The van der Waals surface area contributed by atoms with Gasteiger partial charge in [0.05, 0.1) is 16.5 Å². The van der Waals surface area contributed by atoms with Crippen molar-refractivity contribution < 1.29 is 4.73 Å². The Balaban J connectivity index is 2.27. The Morgan fingerprint density at radius 3 is 2.93 bits per heavy atom. The molecular weight excluding hydrogens is 208 g/mol. The van der Waals surface area contributed by atoms with Crippen LogP contribution in [-0.4, -0.2) is 4.98 Å². The Morgan fingerprint density at radius 2 is 2.20 bits per heavy atom. The molecule has 3 rings (SSSR count). The molecule has 3 nitrogen and oxygen atoms in total. The molecule has 0 aromatic carbocycles. The van der Waals surface area contributed by atoms with E-state index in [9.17, 15) is 5.21 Å². The third-order valence-corrected chi connectivity index (χ3v) is 3.23. The molecule has 0 bridgehead atoms. The highest BCUT2D eigenvalue weighted by molar-refractivity contribution is 7.13. The number of nitrogens with one attached hydrogen (secondary N) is 1.